The van der Waals surface area contributed by atoms with Gasteiger partial charge in [-0.1, -0.05) is 97.9 Å². The summed E-state index contributed by atoms with van der Waals surface area (Å²) < 4.78 is 13.4. The molecule has 0 unspecified atom stereocenters. The van der Waals surface area contributed by atoms with Gasteiger partial charge in [-0.15, -0.1) is 11.8 Å². The van der Waals surface area contributed by atoms with Crippen molar-refractivity contribution < 1.29 is 24.2 Å². The topological polar surface area (TPSA) is 76.1 Å². The summed E-state index contributed by atoms with van der Waals surface area (Å²) in [6.45, 7) is 2.37. The van der Waals surface area contributed by atoms with Crippen molar-refractivity contribution in [2.24, 2.45) is 5.92 Å². The number of rotatable bonds is 9. The minimum absolute atomic E-state index is 0.00424. The lowest BCUT2D eigenvalue weighted by molar-refractivity contribution is -0.268. The number of amides is 2. The summed E-state index contributed by atoms with van der Waals surface area (Å²) in [5.41, 5.74) is 6.54. The van der Waals surface area contributed by atoms with E-state index in [4.69, 9.17) is 9.47 Å². The zero-order valence-corrected chi connectivity index (χ0v) is 26.8. The summed E-state index contributed by atoms with van der Waals surface area (Å²) >= 11 is 1.78. The SMILES string of the molecule is C[C@H]1[C@@H](CSc2ccccc2)O[C@@H](c2cccc(-c3cccc(CN4C(=O)c5ccccc5C4=O)c3)c2)O[C@H]1c1ccc(CO)cc1. The fourth-order valence-electron chi connectivity index (χ4n) is 6.28. The van der Waals surface area contributed by atoms with Gasteiger partial charge in [0.2, 0.25) is 0 Å². The maximum Gasteiger partial charge on any atom is 0.261 e. The fraction of sp³-hybridized carbons (Fsp3) is 0.200. The van der Waals surface area contributed by atoms with Crippen LogP contribution in [0.4, 0.5) is 0 Å². The number of nitrogens with zero attached hydrogens (tertiary/aromatic N) is 1. The Bertz CT molecular complexity index is 1860. The van der Waals surface area contributed by atoms with Gasteiger partial charge in [-0.3, -0.25) is 14.5 Å². The molecule has 0 radical (unpaired) electrons. The number of hydrogen-bond acceptors (Lipinski definition) is 6. The van der Waals surface area contributed by atoms with Crippen molar-refractivity contribution in [3.63, 3.8) is 0 Å². The van der Waals surface area contributed by atoms with Gasteiger partial charge in [0.05, 0.1) is 36.5 Å². The molecule has 5 aromatic rings. The molecule has 2 aliphatic heterocycles. The molecule has 7 rings (SSSR count). The fourth-order valence-corrected chi connectivity index (χ4v) is 7.37. The number of carbonyl (C=O) groups excluding carboxylic acids is 2. The summed E-state index contributed by atoms with van der Waals surface area (Å²) in [4.78, 5) is 28.5. The predicted octanol–water partition coefficient (Wildman–Crippen LogP) is 8.23. The Morgan fingerprint density at radius 3 is 2.04 bits per heavy atom. The molecule has 7 heteroatoms. The van der Waals surface area contributed by atoms with Gasteiger partial charge in [0, 0.05) is 22.1 Å². The van der Waals surface area contributed by atoms with Gasteiger partial charge in [-0.2, -0.15) is 0 Å². The molecule has 0 spiro atoms. The minimum Gasteiger partial charge on any atom is -0.392 e. The van der Waals surface area contributed by atoms with Gasteiger partial charge < -0.3 is 14.6 Å². The van der Waals surface area contributed by atoms with Crippen molar-refractivity contribution in [2.75, 3.05) is 5.75 Å². The highest BCUT2D eigenvalue weighted by atomic mass is 32.2. The van der Waals surface area contributed by atoms with Crippen LogP contribution in [0.5, 0.6) is 0 Å². The predicted molar refractivity (Wildman–Crippen MR) is 183 cm³/mol. The Kier molecular flexibility index (Phi) is 9.05. The summed E-state index contributed by atoms with van der Waals surface area (Å²) in [5.74, 6) is 0.332. The first-order valence-electron chi connectivity index (χ1n) is 15.8. The number of thioether (sulfide) groups is 1. The molecule has 47 heavy (non-hydrogen) atoms. The number of hydrogen-bond donors (Lipinski definition) is 1. The van der Waals surface area contributed by atoms with Crippen LogP contribution in [0.25, 0.3) is 11.1 Å². The van der Waals surface area contributed by atoms with E-state index in [1.165, 1.54) is 9.80 Å². The third-order valence-corrected chi connectivity index (χ3v) is 10.0. The average molecular weight is 642 g/mol. The second kappa shape index (κ2) is 13.7. The lowest BCUT2D eigenvalue weighted by Crippen LogP contribution is -2.38. The van der Waals surface area contributed by atoms with Gasteiger partial charge in [-0.25, -0.2) is 0 Å². The van der Waals surface area contributed by atoms with E-state index in [-0.39, 0.29) is 43.1 Å². The molecule has 0 bridgehead atoms. The van der Waals surface area contributed by atoms with Crippen molar-refractivity contribution in [3.8, 4) is 11.1 Å². The van der Waals surface area contributed by atoms with E-state index in [0.717, 1.165) is 39.1 Å². The molecular weight excluding hydrogens is 607 g/mol. The van der Waals surface area contributed by atoms with Crippen molar-refractivity contribution in [3.05, 3.63) is 161 Å². The maximum absolute atomic E-state index is 13.0. The van der Waals surface area contributed by atoms with Crippen LogP contribution < -0.4 is 0 Å². The molecular formula is C40H35NO5S. The first-order valence-corrected chi connectivity index (χ1v) is 16.8. The van der Waals surface area contributed by atoms with Crippen LogP contribution in [0.15, 0.2) is 132 Å². The molecule has 0 aromatic heterocycles. The monoisotopic (exact) mass is 641 g/mol. The van der Waals surface area contributed by atoms with Crippen LogP contribution >= 0.6 is 11.8 Å². The number of imide groups is 1. The normalized spacial score (nSPS) is 20.8. The number of carbonyl (C=O) groups is 2. The first-order chi connectivity index (χ1) is 23.0. The van der Waals surface area contributed by atoms with E-state index in [0.29, 0.717) is 11.1 Å². The van der Waals surface area contributed by atoms with E-state index in [1.54, 1.807) is 36.0 Å². The zero-order valence-electron chi connectivity index (χ0n) is 26.0. The summed E-state index contributed by atoms with van der Waals surface area (Å²) in [6, 6.07) is 41.4. The number of aliphatic hydroxyl groups is 1. The maximum atomic E-state index is 13.0. The Hall–Kier alpha value is -4.53. The highest BCUT2D eigenvalue weighted by Gasteiger charge is 2.39. The molecule has 236 valence electrons. The van der Waals surface area contributed by atoms with Crippen LogP contribution in [-0.4, -0.2) is 33.7 Å². The van der Waals surface area contributed by atoms with E-state index >= 15 is 0 Å². The van der Waals surface area contributed by atoms with Crippen LogP contribution in [0.1, 0.15) is 62.3 Å². The van der Waals surface area contributed by atoms with Crippen molar-refractivity contribution in [1.29, 1.82) is 0 Å². The Morgan fingerprint density at radius 2 is 1.34 bits per heavy atom. The second-order valence-electron chi connectivity index (χ2n) is 12.0. The minimum atomic E-state index is -0.587. The first kappa shape index (κ1) is 31.1. The van der Waals surface area contributed by atoms with Gasteiger partial charge >= 0.3 is 0 Å². The molecule has 1 fully saturated rings. The van der Waals surface area contributed by atoms with E-state index in [9.17, 15) is 14.7 Å². The Balaban J connectivity index is 1.14. The lowest BCUT2D eigenvalue weighted by atomic mass is 9.91. The Labute approximate surface area is 279 Å². The van der Waals surface area contributed by atoms with Crippen molar-refractivity contribution in [1.82, 2.24) is 4.90 Å². The van der Waals surface area contributed by atoms with Crippen LogP contribution in [0.2, 0.25) is 0 Å². The molecule has 4 atom stereocenters. The highest BCUT2D eigenvalue weighted by molar-refractivity contribution is 7.99. The second-order valence-corrected chi connectivity index (χ2v) is 13.1. The zero-order chi connectivity index (χ0) is 32.3. The average Bonchev–Trinajstić information content (AvgIpc) is 3.36. The highest BCUT2D eigenvalue weighted by Crippen LogP contribution is 2.43. The van der Waals surface area contributed by atoms with Crippen molar-refractivity contribution >= 4 is 23.6 Å². The van der Waals surface area contributed by atoms with Gasteiger partial charge in [0.1, 0.15) is 0 Å². The van der Waals surface area contributed by atoms with Crippen LogP contribution in [0.3, 0.4) is 0 Å². The van der Waals surface area contributed by atoms with E-state index < -0.39 is 6.29 Å². The summed E-state index contributed by atoms with van der Waals surface area (Å²) in [5, 5.41) is 9.58. The van der Waals surface area contributed by atoms with E-state index in [2.05, 4.69) is 25.1 Å². The lowest BCUT2D eigenvalue weighted by Gasteiger charge is -2.41. The molecule has 6 nitrogen and oxygen atoms in total. The molecule has 2 heterocycles. The molecule has 0 aliphatic carbocycles. The van der Waals surface area contributed by atoms with Crippen molar-refractivity contribution in [2.45, 2.75) is 43.5 Å². The molecule has 2 amide bonds. The quantitative estimate of drug-likeness (QED) is 0.129. The number of aliphatic hydroxyl groups excluding tert-OH is 1. The third kappa shape index (κ3) is 6.53. The molecule has 0 saturated carbocycles. The largest absolute Gasteiger partial charge is 0.392 e. The molecule has 1 saturated heterocycles. The number of fused-ring (bicyclic) bond motifs is 1. The van der Waals surface area contributed by atoms with Crippen LogP contribution in [-0.2, 0) is 22.6 Å². The third-order valence-electron chi connectivity index (χ3n) is 8.92. The number of benzene rings is 5. The summed E-state index contributed by atoms with van der Waals surface area (Å²) in [6.07, 6.45) is -0.862. The standard InChI is InChI=1S/C40H35NO5S/c1-26-36(25-47-33-13-3-2-4-14-33)45-40(46-37(26)29-19-17-27(24-42)18-20-29)32-12-8-11-31(22-32)30-10-7-9-28(21-30)23-41-38(43)34-15-5-6-16-35(34)39(41)44/h2-22,26,36-37,40,42H,23-25H2,1H3/t26-,36+,37+,40+/m0/s1. The Morgan fingerprint density at radius 1 is 0.681 bits per heavy atom. The smallest absolute Gasteiger partial charge is 0.261 e. The summed E-state index contributed by atoms with van der Waals surface area (Å²) in [7, 11) is 0. The van der Waals surface area contributed by atoms with Gasteiger partial charge in [0.25, 0.3) is 11.8 Å². The molecule has 5 aromatic carbocycles. The number of ether oxygens (including phenoxy) is 2. The van der Waals surface area contributed by atoms with Crippen LogP contribution in [0, 0.1) is 5.92 Å². The molecule has 1 N–H and O–H groups in total. The van der Waals surface area contributed by atoms with E-state index in [1.807, 2.05) is 84.9 Å². The van der Waals surface area contributed by atoms with Gasteiger partial charge in [-0.05, 0) is 64.2 Å². The van der Waals surface area contributed by atoms with Gasteiger partial charge in [0.15, 0.2) is 6.29 Å². The molecule has 2 aliphatic rings.